The van der Waals surface area contributed by atoms with Crippen LogP contribution < -0.4 is 14.2 Å². The van der Waals surface area contributed by atoms with E-state index < -0.39 is 11.9 Å². The molecule has 2 unspecified atom stereocenters. The second-order valence-corrected chi connectivity index (χ2v) is 7.26. The first-order valence-electron chi connectivity index (χ1n) is 8.48. The molecule has 27 heavy (non-hydrogen) atoms. The molecule has 1 spiro atoms. The predicted octanol–water partition coefficient (Wildman–Crippen LogP) is 3.86. The summed E-state index contributed by atoms with van der Waals surface area (Å²) < 4.78 is 23.2. The summed E-state index contributed by atoms with van der Waals surface area (Å²) in [6.45, 7) is 0.338. The van der Waals surface area contributed by atoms with Crippen molar-refractivity contribution in [1.29, 1.82) is 0 Å². The molecule has 0 bridgehead atoms. The number of aromatic nitrogens is 1. The van der Waals surface area contributed by atoms with E-state index in [0.717, 1.165) is 0 Å². The van der Waals surface area contributed by atoms with Crippen LogP contribution in [0.1, 0.15) is 18.4 Å². The largest absolute Gasteiger partial charge is 0.493 e. The minimum atomic E-state index is -0.943. The summed E-state index contributed by atoms with van der Waals surface area (Å²) in [6.07, 6.45) is 3.07. The molecule has 2 atom stereocenters. The van der Waals surface area contributed by atoms with Crippen LogP contribution in [0.15, 0.2) is 30.6 Å². The Morgan fingerprint density at radius 2 is 2.07 bits per heavy atom. The van der Waals surface area contributed by atoms with Crippen LogP contribution in [-0.4, -0.2) is 36.4 Å². The van der Waals surface area contributed by atoms with Gasteiger partial charge in [-0.15, -0.1) is 0 Å². The number of pyridine rings is 1. The highest BCUT2D eigenvalue weighted by Crippen LogP contribution is 2.49. The third kappa shape index (κ3) is 3.45. The lowest BCUT2D eigenvalue weighted by Gasteiger charge is -2.35. The normalized spacial score (nSPS) is 23.4. The topological polar surface area (TPSA) is 66.9 Å². The lowest BCUT2D eigenvalue weighted by Crippen LogP contribution is -2.49. The summed E-state index contributed by atoms with van der Waals surface area (Å²) in [5.41, 5.74) is 0.541. The van der Waals surface area contributed by atoms with Crippen molar-refractivity contribution in [1.82, 2.24) is 4.98 Å². The van der Waals surface area contributed by atoms with E-state index in [2.05, 4.69) is 4.98 Å². The van der Waals surface area contributed by atoms with Gasteiger partial charge in [-0.25, -0.2) is 0 Å². The Bertz CT molecular complexity index is 870. The van der Waals surface area contributed by atoms with Gasteiger partial charge in [-0.3, -0.25) is 9.78 Å². The molecule has 0 N–H and O–H groups in total. The second kappa shape index (κ2) is 7.19. The van der Waals surface area contributed by atoms with E-state index >= 15 is 0 Å². The standard InChI is InChI=1S/C19H17Cl2NO5/c1-24-15-3-2-4-16-18(15)27-19(26-16)5-6-25-17(8-19)14(23)7-11-12(20)9-22-10-13(11)21/h2-4,9-10,17H,5-8H2,1H3. The van der Waals surface area contributed by atoms with Crippen LogP contribution >= 0.6 is 23.2 Å². The molecular formula is C19H17Cl2NO5. The number of ketones is 1. The third-order valence-electron chi connectivity index (χ3n) is 4.71. The Morgan fingerprint density at radius 3 is 2.81 bits per heavy atom. The van der Waals surface area contributed by atoms with Crippen molar-refractivity contribution in [2.24, 2.45) is 0 Å². The zero-order chi connectivity index (χ0) is 19.0. The average molecular weight is 410 g/mol. The molecular weight excluding hydrogens is 393 g/mol. The number of hydrogen-bond acceptors (Lipinski definition) is 6. The third-order valence-corrected chi connectivity index (χ3v) is 5.36. The van der Waals surface area contributed by atoms with Crippen molar-refractivity contribution in [2.45, 2.75) is 31.2 Å². The van der Waals surface area contributed by atoms with Crippen LogP contribution in [0.25, 0.3) is 0 Å². The van der Waals surface area contributed by atoms with Crippen LogP contribution in [-0.2, 0) is 16.0 Å². The van der Waals surface area contributed by atoms with Crippen molar-refractivity contribution in [2.75, 3.05) is 13.7 Å². The maximum Gasteiger partial charge on any atom is 0.257 e. The molecule has 6 nitrogen and oxygen atoms in total. The number of benzene rings is 1. The predicted molar refractivity (Wildman–Crippen MR) is 98.9 cm³/mol. The molecule has 0 radical (unpaired) electrons. The molecule has 3 heterocycles. The fourth-order valence-corrected chi connectivity index (χ4v) is 3.83. The SMILES string of the molecule is COc1cccc2c1OC1(CCOC(C(=O)Cc3c(Cl)cncc3Cl)C1)O2. The zero-order valence-corrected chi connectivity index (χ0v) is 16.0. The number of fused-ring (bicyclic) bond motifs is 1. The summed E-state index contributed by atoms with van der Waals surface area (Å²) in [5.74, 6) is 0.658. The van der Waals surface area contributed by atoms with Crippen molar-refractivity contribution in [3.63, 3.8) is 0 Å². The molecule has 1 fully saturated rings. The Kier molecular flexibility index (Phi) is 4.88. The molecule has 0 amide bonds. The molecule has 2 aromatic rings. The van der Waals surface area contributed by atoms with E-state index in [1.165, 1.54) is 12.4 Å². The van der Waals surface area contributed by atoms with Crippen LogP contribution in [0.5, 0.6) is 17.2 Å². The van der Waals surface area contributed by atoms with E-state index in [0.29, 0.717) is 45.9 Å². The Labute approximate surface area is 166 Å². The van der Waals surface area contributed by atoms with E-state index in [9.17, 15) is 4.79 Å². The maximum absolute atomic E-state index is 12.8. The van der Waals surface area contributed by atoms with Crippen molar-refractivity contribution >= 4 is 29.0 Å². The van der Waals surface area contributed by atoms with Gasteiger partial charge in [0.25, 0.3) is 5.79 Å². The Morgan fingerprint density at radius 1 is 1.30 bits per heavy atom. The summed E-state index contributed by atoms with van der Waals surface area (Å²) in [5, 5.41) is 0.707. The number of rotatable bonds is 4. The van der Waals surface area contributed by atoms with Gasteiger partial charge in [0, 0.05) is 25.2 Å². The van der Waals surface area contributed by atoms with Crippen LogP contribution in [0, 0.1) is 0 Å². The highest BCUT2D eigenvalue weighted by molar-refractivity contribution is 6.36. The molecule has 0 saturated carbocycles. The zero-order valence-electron chi connectivity index (χ0n) is 14.5. The summed E-state index contributed by atoms with van der Waals surface area (Å²) >= 11 is 12.2. The molecule has 0 aliphatic carbocycles. The number of ether oxygens (including phenoxy) is 4. The molecule has 2 aliphatic heterocycles. The monoisotopic (exact) mass is 409 g/mol. The van der Waals surface area contributed by atoms with Gasteiger partial charge in [-0.2, -0.15) is 0 Å². The molecule has 1 saturated heterocycles. The molecule has 1 aromatic carbocycles. The fraction of sp³-hybridized carbons (Fsp3) is 0.368. The summed E-state index contributed by atoms with van der Waals surface area (Å²) in [6, 6.07) is 5.45. The van der Waals surface area contributed by atoms with E-state index in [4.69, 9.17) is 42.1 Å². The van der Waals surface area contributed by atoms with Gasteiger partial charge in [0.15, 0.2) is 17.3 Å². The molecule has 2 aliphatic rings. The molecule has 1 aromatic heterocycles. The number of Topliss-reactive ketones (excluding diaryl/α,β-unsaturated/α-hetero) is 1. The van der Waals surface area contributed by atoms with Crippen molar-refractivity contribution in [3.8, 4) is 17.2 Å². The summed E-state index contributed by atoms with van der Waals surface area (Å²) in [4.78, 5) is 16.7. The van der Waals surface area contributed by atoms with Gasteiger partial charge < -0.3 is 18.9 Å². The number of methoxy groups -OCH3 is 1. The lowest BCUT2D eigenvalue weighted by atomic mass is 9.96. The first kappa shape index (κ1) is 18.3. The summed E-state index contributed by atoms with van der Waals surface area (Å²) in [7, 11) is 1.57. The Balaban J connectivity index is 1.51. The smallest absolute Gasteiger partial charge is 0.257 e. The number of para-hydroxylation sites is 1. The average Bonchev–Trinajstić information content (AvgIpc) is 3.01. The van der Waals surface area contributed by atoms with Gasteiger partial charge in [-0.05, 0) is 17.7 Å². The number of carbonyl (C=O) groups is 1. The molecule has 8 heteroatoms. The number of nitrogens with zero attached hydrogens (tertiary/aromatic N) is 1. The van der Waals surface area contributed by atoms with Gasteiger partial charge in [0.2, 0.25) is 5.75 Å². The van der Waals surface area contributed by atoms with Crippen molar-refractivity contribution < 1.29 is 23.7 Å². The van der Waals surface area contributed by atoms with Crippen LogP contribution in [0.4, 0.5) is 0 Å². The highest BCUT2D eigenvalue weighted by Gasteiger charge is 2.48. The molecule has 142 valence electrons. The quantitative estimate of drug-likeness (QED) is 0.763. The highest BCUT2D eigenvalue weighted by atomic mass is 35.5. The van der Waals surface area contributed by atoms with E-state index in [1.807, 2.05) is 12.1 Å². The fourth-order valence-electron chi connectivity index (χ4n) is 3.33. The van der Waals surface area contributed by atoms with Gasteiger partial charge in [0.1, 0.15) is 6.10 Å². The van der Waals surface area contributed by atoms with Crippen LogP contribution in [0.2, 0.25) is 10.0 Å². The number of halogens is 2. The first-order chi connectivity index (χ1) is 13.0. The van der Waals surface area contributed by atoms with E-state index in [-0.39, 0.29) is 18.6 Å². The minimum Gasteiger partial charge on any atom is -0.493 e. The van der Waals surface area contributed by atoms with E-state index in [1.54, 1.807) is 13.2 Å². The van der Waals surface area contributed by atoms with Crippen molar-refractivity contribution in [3.05, 3.63) is 46.2 Å². The second-order valence-electron chi connectivity index (χ2n) is 6.44. The van der Waals surface area contributed by atoms with Gasteiger partial charge in [0.05, 0.1) is 30.2 Å². The number of hydrogen-bond donors (Lipinski definition) is 0. The minimum absolute atomic E-state index is 0.0528. The first-order valence-corrected chi connectivity index (χ1v) is 9.24. The van der Waals surface area contributed by atoms with Gasteiger partial charge >= 0.3 is 0 Å². The maximum atomic E-state index is 12.8. The Hall–Kier alpha value is -2.02. The van der Waals surface area contributed by atoms with Gasteiger partial charge in [-0.1, -0.05) is 29.3 Å². The van der Waals surface area contributed by atoms with Crippen LogP contribution in [0.3, 0.4) is 0 Å². The number of carbonyl (C=O) groups excluding carboxylic acids is 1. The lowest BCUT2D eigenvalue weighted by molar-refractivity contribution is -0.177. The molecule has 4 rings (SSSR count).